The van der Waals surface area contributed by atoms with E-state index in [4.69, 9.17) is 5.73 Å². The summed E-state index contributed by atoms with van der Waals surface area (Å²) < 4.78 is 26.2. The average molecular weight is 228 g/mol. The van der Waals surface area contributed by atoms with Crippen LogP contribution in [0, 0.1) is 11.6 Å². The van der Waals surface area contributed by atoms with Gasteiger partial charge in [0, 0.05) is 29.8 Å². The Labute approximate surface area is 94.8 Å². The summed E-state index contributed by atoms with van der Waals surface area (Å²) >= 11 is 0. The number of halogens is 2. The first-order valence-corrected chi connectivity index (χ1v) is 5.38. The Bertz CT molecular complexity index is 353. The monoisotopic (exact) mass is 228 g/mol. The van der Waals surface area contributed by atoms with Crippen LogP contribution in [0.1, 0.15) is 32.4 Å². The molecule has 0 heterocycles. The van der Waals surface area contributed by atoms with Crippen molar-refractivity contribution in [2.24, 2.45) is 5.73 Å². The van der Waals surface area contributed by atoms with Gasteiger partial charge >= 0.3 is 0 Å². The van der Waals surface area contributed by atoms with Crippen LogP contribution in [-0.2, 0) is 0 Å². The lowest BCUT2D eigenvalue weighted by Crippen LogP contribution is -2.42. The summed E-state index contributed by atoms with van der Waals surface area (Å²) in [5.74, 6) is -1.09. The van der Waals surface area contributed by atoms with Crippen LogP contribution in [0.2, 0.25) is 0 Å². The lowest BCUT2D eigenvalue weighted by Gasteiger charge is -2.23. The standard InChI is InChI=1S/C12H18F2N2/c1-7(15)8(2)16-9(3)11-5-4-10(13)6-12(11)14/h4-9,16H,15H2,1-3H3. The molecule has 4 heteroatoms. The predicted octanol–water partition coefficient (Wildman–Crippen LogP) is 2.35. The number of nitrogens with one attached hydrogen (secondary N) is 1. The van der Waals surface area contributed by atoms with Crippen molar-refractivity contribution < 1.29 is 8.78 Å². The quantitative estimate of drug-likeness (QED) is 0.830. The topological polar surface area (TPSA) is 38.0 Å². The molecule has 16 heavy (non-hydrogen) atoms. The van der Waals surface area contributed by atoms with Crippen molar-refractivity contribution in [3.05, 3.63) is 35.4 Å². The van der Waals surface area contributed by atoms with Gasteiger partial charge in [-0.2, -0.15) is 0 Å². The van der Waals surface area contributed by atoms with Crippen LogP contribution >= 0.6 is 0 Å². The fraction of sp³-hybridized carbons (Fsp3) is 0.500. The second kappa shape index (κ2) is 5.37. The van der Waals surface area contributed by atoms with E-state index < -0.39 is 11.6 Å². The number of rotatable bonds is 4. The number of hydrogen-bond acceptors (Lipinski definition) is 2. The Hall–Kier alpha value is -1.00. The van der Waals surface area contributed by atoms with Crippen LogP contribution in [0.15, 0.2) is 18.2 Å². The highest BCUT2D eigenvalue weighted by Crippen LogP contribution is 2.18. The van der Waals surface area contributed by atoms with Crippen molar-refractivity contribution in [2.45, 2.75) is 38.9 Å². The molecule has 0 saturated heterocycles. The molecule has 0 aliphatic carbocycles. The summed E-state index contributed by atoms with van der Waals surface area (Å²) in [5.41, 5.74) is 6.16. The molecule has 0 bridgehead atoms. The van der Waals surface area contributed by atoms with Gasteiger partial charge < -0.3 is 11.1 Å². The summed E-state index contributed by atoms with van der Waals surface area (Å²) in [5, 5.41) is 3.17. The van der Waals surface area contributed by atoms with Crippen LogP contribution < -0.4 is 11.1 Å². The first kappa shape index (κ1) is 13.1. The molecule has 1 aromatic carbocycles. The molecule has 0 aliphatic heterocycles. The van der Waals surface area contributed by atoms with E-state index in [9.17, 15) is 8.78 Å². The minimum Gasteiger partial charge on any atom is -0.327 e. The van der Waals surface area contributed by atoms with Crippen molar-refractivity contribution >= 4 is 0 Å². The number of nitrogens with two attached hydrogens (primary N) is 1. The maximum absolute atomic E-state index is 13.4. The molecule has 1 aromatic rings. The van der Waals surface area contributed by atoms with E-state index in [1.54, 1.807) is 0 Å². The Balaban J connectivity index is 2.76. The lowest BCUT2D eigenvalue weighted by atomic mass is 10.1. The number of benzene rings is 1. The van der Waals surface area contributed by atoms with E-state index in [0.29, 0.717) is 5.56 Å². The summed E-state index contributed by atoms with van der Waals surface area (Å²) in [4.78, 5) is 0. The molecular weight excluding hydrogens is 210 g/mol. The molecule has 0 aromatic heterocycles. The third-order valence-electron chi connectivity index (χ3n) is 2.73. The Morgan fingerprint density at radius 3 is 2.31 bits per heavy atom. The van der Waals surface area contributed by atoms with Crippen LogP contribution in [0.4, 0.5) is 8.78 Å². The second-order valence-electron chi connectivity index (χ2n) is 4.20. The van der Waals surface area contributed by atoms with Gasteiger partial charge in [0.1, 0.15) is 11.6 Å². The van der Waals surface area contributed by atoms with Crippen LogP contribution in [0.3, 0.4) is 0 Å². The van der Waals surface area contributed by atoms with Gasteiger partial charge in [0.05, 0.1) is 0 Å². The predicted molar refractivity (Wildman–Crippen MR) is 61.0 cm³/mol. The van der Waals surface area contributed by atoms with E-state index in [1.165, 1.54) is 12.1 Å². The zero-order valence-electron chi connectivity index (χ0n) is 9.80. The van der Waals surface area contributed by atoms with E-state index >= 15 is 0 Å². The SMILES string of the molecule is CC(NC(C)C(C)N)c1ccc(F)cc1F. The number of hydrogen-bond donors (Lipinski definition) is 2. The molecule has 0 saturated carbocycles. The van der Waals surface area contributed by atoms with E-state index in [-0.39, 0.29) is 18.1 Å². The third-order valence-corrected chi connectivity index (χ3v) is 2.73. The lowest BCUT2D eigenvalue weighted by molar-refractivity contribution is 0.419. The summed E-state index contributed by atoms with van der Waals surface area (Å²) in [6.07, 6.45) is 0. The normalized spacial score (nSPS) is 16.9. The van der Waals surface area contributed by atoms with E-state index in [2.05, 4.69) is 5.32 Å². The molecule has 0 amide bonds. The van der Waals surface area contributed by atoms with Gasteiger partial charge in [-0.25, -0.2) is 8.78 Å². The molecular formula is C12H18F2N2. The Morgan fingerprint density at radius 2 is 1.81 bits per heavy atom. The van der Waals surface area contributed by atoms with Crippen molar-refractivity contribution in [2.75, 3.05) is 0 Å². The zero-order chi connectivity index (χ0) is 12.3. The molecule has 3 unspecified atom stereocenters. The van der Waals surface area contributed by atoms with Gasteiger partial charge in [-0.3, -0.25) is 0 Å². The fourth-order valence-corrected chi connectivity index (χ4v) is 1.49. The Kier molecular flexibility index (Phi) is 4.38. The molecule has 0 radical (unpaired) electrons. The largest absolute Gasteiger partial charge is 0.327 e. The molecule has 1 rings (SSSR count). The minimum absolute atomic E-state index is 0.0223. The van der Waals surface area contributed by atoms with Crippen LogP contribution in [0.25, 0.3) is 0 Å². The average Bonchev–Trinajstić information content (AvgIpc) is 2.16. The van der Waals surface area contributed by atoms with Crippen molar-refractivity contribution in [3.63, 3.8) is 0 Å². The summed E-state index contributed by atoms with van der Waals surface area (Å²) in [6, 6.07) is 3.46. The first-order valence-electron chi connectivity index (χ1n) is 5.38. The zero-order valence-corrected chi connectivity index (χ0v) is 9.80. The maximum atomic E-state index is 13.4. The van der Waals surface area contributed by atoms with Gasteiger partial charge in [0.2, 0.25) is 0 Å². The van der Waals surface area contributed by atoms with Crippen molar-refractivity contribution in [3.8, 4) is 0 Å². The van der Waals surface area contributed by atoms with Gasteiger partial charge in [-0.1, -0.05) is 6.07 Å². The van der Waals surface area contributed by atoms with E-state index in [1.807, 2.05) is 20.8 Å². The third kappa shape index (κ3) is 3.25. The molecule has 3 N–H and O–H groups in total. The smallest absolute Gasteiger partial charge is 0.130 e. The molecule has 2 nitrogen and oxygen atoms in total. The Morgan fingerprint density at radius 1 is 1.19 bits per heavy atom. The molecule has 0 fully saturated rings. The van der Waals surface area contributed by atoms with Crippen molar-refractivity contribution in [1.29, 1.82) is 0 Å². The van der Waals surface area contributed by atoms with Crippen LogP contribution in [-0.4, -0.2) is 12.1 Å². The molecule has 0 aliphatic rings. The molecule has 0 spiro atoms. The summed E-state index contributed by atoms with van der Waals surface area (Å²) in [6.45, 7) is 5.64. The van der Waals surface area contributed by atoms with E-state index in [0.717, 1.165) is 6.07 Å². The van der Waals surface area contributed by atoms with Gasteiger partial charge in [0.15, 0.2) is 0 Å². The van der Waals surface area contributed by atoms with Crippen LogP contribution in [0.5, 0.6) is 0 Å². The highest BCUT2D eigenvalue weighted by atomic mass is 19.1. The van der Waals surface area contributed by atoms with Gasteiger partial charge in [0.25, 0.3) is 0 Å². The molecule has 90 valence electrons. The summed E-state index contributed by atoms with van der Waals surface area (Å²) in [7, 11) is 0. The van der Waals surface area contributed by atoms with Gasteiger partial charge in [-0.05, 0) is 26.8 Å². The first-order chi connectivity index (χ1) is 7.41. The van der Waals surface area contributed by atoms with Gasteiger partial charge in [-0.15, -0.1) is 0 Å². The highest BCUT2D eigenvalue weighted by Gasteiger charge is 2.15. The van der Waals surface area contributed by atoms with Crippen molar-refractivity contribution in [1.82, 2.24) is 5.32 Å². The second-order valence-corrected chi connectivity index (χ2v) is 4.20. The highest BCUT2D eigenvalue weighted by molar-refractivity contribution is 5.21. The maximum Gasteiger partial charge on any atom is 0.130 e. The fourth-order valence-electron chi connectivity index (χ4n) is 1.49. The minimum atomic E-state index is -0.561. The molecule has 3 atom stereocenters.